The summed E-state index contributed by atoms with van der Waals surface area (Å²) in [6.45, 7) is 17.2. The quantitative estimate of drug-likeness (QED) is 0.160. The van der Waals surface area contributed by atoms with E-state index in [0.717, 1.165) is 35.5 Å². The molecule has 20 aliphatic rings. The molecule has 0 aromatic heterocycles. The van der Waals surface area contributed by atoms with Crippen molar-refractivity contribution in [3.8, 4) is 55.6 Å². The van der Waals surface area contributed by atoms with Crippen LogP contribution in [0.1, 0.15) is 87.8 Å². The van der Waals surface area contributed by atoms with Crippen LogP contribution in [0.15, 0.2) is 220 Å². The molecule has 1 nitrogen and oxygen atoms in total. The minimum atomic E-state index is -0.132. The first-order chi connectivity index (χ1) is 42.9. The van der Waals surface area contributed by atoms with Gasteiger partial charge in [0, 0.05) is 45.9 Å². The fraction of sp³-hybridized carbons (Fsp3) is 0.379. The Balaban J connectivity index is 0.589. The molecule has 1 heteroatoms. The van der Waals surface area contributed by atoms with E-state index in [1.54, 1.807) is 0 Å². The molecule has 26 rings (SSSR count). The summed E-state index contributed by atoms with van der Waals surface area (Å²) in [5.41, 5.74) is 43.9. The smallest absolute Gasteiger partial charge is 0.0370 e. The molecule has 8 fully saturated rings. The van der Waals surface area contributed by atoms with E-state index in [1.165, 1.54) is 121 Å². The summed E-state index contributed by atoms with van der Waals surface area (Å²) >= 11 is 0. The van der Waals surface area contributed by atoms with Gasteiger partial charge in [-0.3, -0.25) is 0 Å². The molecule has 0 bridgehead atoms. The predicted molar refractivity (Wildman–Crippen MR) is 351 cm³/mol. The molecule has 0 N–H and O–H groups in total. The summed E-state index contributed by atoms with van der Waals surface area (Å²) < 4.78 is 0. The highest BCUT2D eigenvalue weighted by atomic mass is 15.2. The Morgan fingerprint density at radius 2 is 0.625 bits per heavy atom. The van der Waals surface area contributed by atoms with E-state index in [9.17, 15) is 0 Å². The van der Waals surface area contributed by atoms with Crippen molar-refractivity contribution in [1.29, 1.82) is 0 Å². The summed E-state index contributed by atoms with van der Waals surface area (Å²) in [7, 11) is 0. The van der Waals surface area contributed by atoms with Gasteiger partial charge in [-0.25, -0.2) is 0 Å². The van der Waals surface area contributed by atoms with E-state index < -0.39 is 0 Å². The van der Waals surface area contributed by atoms with Crippen LogP contribution >= 0.6 is 0 Å². The van der Waals surface area contributed by atoms with Gasteiger partial charge in [0.05, 0.1) is 0 Å². The average molecular weight is 1130 g/mol. The van der Waals surface area contributed by atoms with Gasteiger partial charge in [0.2, 0.25) is 0 Å². The minimum Gasteiger partial charge on any atom is -0.370 e. The van der Waals surface area contributed by atoms with Crippen LogP contribution in [0.25, 0.3) is 55.6 Å². The van der Waals surface area contributed by atoms with Crippen LogP contribution in [0.5, 0.6) is 0 Å². The van der Waals surface area contributed by atoms with Crippen LogP contribution < -0.4 is 4.90 Å². The number of anilines is 1. The van der Waals surface area contributed by atoms with E-state index in [2.05, 4.69) is 221 Å². The SMILES string of the molecule is CC1(C)c2ccccc2-c2ccc(-c3ccc4c(c3)C(C)(C)c3cc(-c5ccc6c(c5)C(C)(C)c5cc(N7CC89C%10=C%11C%12=C%13C%14C%15C=CC%16C%17C=CC%18C%19C=CC%20C%21C(=C%11C%11=C(C%18C%17C(=C%12%11)C%16%14)C%19%21)C8(C7)C%20CCC9C7C=CC%15C%13C%107)ccc5-6)ccc3-4)cc21. The van der Waals surface area contributed by atoms with Crippen LogP contribution in [0.4, 0.5) is 5.69 Å². The van der Waals surface area contributed by atoms with E-state index in [0.29, 0.717) is 71.0 Å². The van der Waals surface area contributed by atoms with E-state index in [1.807, 2.05) is 44.6 Å². The number of fused-ring (bicyclic) bond motifs is 14. The standard InChI is InChI=1S/C87H71N/c1-83(2)57-10-8-7-9-43(57)44-16-11-38(31-60(44)83)39-12-17-45-46-18-13-40(33-62(46)84(3,4)61(45)32-39)41-14-19-47-48-20-15-42(35-64(48)85(5,6)63(47)34-41)88-36-86-58-29-30-59-56-28-26-54-52-24-22-50-49-21-23-51-53-25-27-55(58)71-69(53)74-67(51)65(49)73-66(50)68(52)75-70(54)72(56)82(87(59,86)37-88)80-78(75)76(73)77(74)79(80)81(71)86/h7-28,31-35,49-56,58-59,65-72H,29-30,36-37H2,1-6H3. The minimum absolute atomic E-state index is 0.0219. The molecule has 7 saturated carbocycles. The normalized spacial score (nSPS) is 42.2. The fourth-order valence-electron chi connectivity index (χ4n) is 29.1. The van der Waals surface area contributed by atoms with Gasteiger partial charge in [0.1, 0.15) is 0 Å². The molecular weight excluding hydrogens is 1060 g/mol. The van der Waals surface area contributed by atoms with Gasteiger partial charge >= 0.3 is 0 Å². The Morgan fingerprint density at radius 3 is 1.03 bits per heavy atom. The summed E-state index contributed by atoms with van der Waals surface area (Å²) in [6, 6.07) is 46.5. The zero-order valence-electron chi connectivity index (χ0n) is 51.3. The molecule has 2 spiro atoms. The number of hydrogen-bond acceptors (Lipinski definition) is 1. The maximum Gasteiger partial charge on any atom is 0.0370 e. The Bertz CT molecular complexity index is 4850. The van der Waals surface area contributed by atoms with Gasteiger partial charge < -0.3 is 4.90 Å². The number of allylic oxidation sites excluding steroid dienone is 16. The molecular formula is C87H71N. The van der Waals surface area contributed by atoms with Crippen LogP contribution in [0, 0.1) is 117 Å². The summed E-state index contributed by atoms with van der Waals surface area (Å²) in [4.78, 5) is 3.09. The Hall–Kier alpha value is -7.22. The van der Waals surface area contributed by atoms with Crippen molar-refractivity contribution in [1.82, 2.24) is 0 Å². The Kier molecular flexibility index (Phi) is 7.03. The molecule has 1 saturated heterocycles. The van der Waals surface area contributed by atoms with Gasteiger partial charge in [0.15, 0.2) is 0 Å². The maximum absolute atomic E-state index is 3.09. The molecule has 1 aliphatic heterocycles. The largest absolute Gasteiger partial charge is 0.370 e. The fourth-order valence-corrected chi connectivity index (χ4v) is 29.1. The molecule has 20 unspecified atom stereocenters. The molecule has 1 heterocycles. The molecule has 0 amide bonds. The van der Waals surface area contributed by atoms with Gasteiger partial charge in [0.25, 0.3) is 0 Å². The van der Waals surface area contributed by atoms with Crippen molar-refractivity contribution < 1.29 is 0 Å². The van der Waals surface area contributed by atoms with Gasteiger partial charge in [-0.1, -0.05) is 186 Å². The number of nitrogens with zero attached hydrogens (tertiary/aromatic N) is 1. The lowest BCUT2D eigenvalue weighted by atomic mass is 9.44. The van der Waals surface area contributed by atoms with Crippen molar-refractivity contribution in [2.75, 3.05) is 18.0 Å². The third-order valence-electron chi connectivity index (χ3n) is 31.5. The first kappa shape index (κ1) is 45.9. The van der Waals surface area contributed by atoms with Gasteiger partial charge in [-0.15, -0.1) is 0 Å². The Labute approximate surface area is 517 Å². The van der Waals surface area contributed by atoms with Gasteiger partial charge in [-0.05, 0) is 284 Å². The lowest BCUT2D eigenvalue weighted by molar-refractivity contribution is -0.00238. The highest BCUT2D eigenvalue weighted by Crippen LogP contribution is 2.91. The first-order valence-corrected chi connectivity index (χ1v) is 35.0. The summed E-state index contributed by atoms with van der Waals surface area (Å²) in [5.74, 6) is 12.6. The number of rotatable bonds is 3. The van der Waals surface area contributed by atoms with Crippen LogP contribution in [0.2, 0.25) is 0 Å². The second-order valence-electron chi connectivity index (χ2n) is 34.2. The van der Waals surface area contributed by atoms with Crippen molar-refractivity contribution in [2.45, 2.75) is 70.6 Å². The molecule has 6 aromatic carbocycles. The summed E-state index contributed by atoms with van der Waals surface area (Å²) in [5, 5.41) is 0. The monoisotopic (exact) mass is 1130 g/mol. The lowest BCUT2D eigenvalue weighted by Gasteiger charge is -2.58. The second-order valence-corrected chi connectivity index (χ2v) is 34.2. The average Bonchev–Trinajstić information content (AvgIpc) is 1.43. The van der Waals surface area contributed by atoms with Crippen LogP contribution in [0.3, 0.4) is 0 Å². The lowest BCUT2D eigenvalue weighted by Crippen LogP contribution is -2.55. The molecule has 20 atom stereocenters. The zero-order valence-corrected chi connectivity index (χ0v) is 51.3. The molecule has 88 heavy (non-hydrogen) atoms. The van der Waals surface area contributed by atoms with E-state index in [-0.39, 0.29) is 27.1 Å². The molecule has 19 aliphatic carbocycles. The van der Waals surface area contributed by atoms with Crippen molar-refractivity contribution in [2.24, 2.45) is 117 Å². The first-order valence-electron chi connectivity index (χ1n) is 35.0. The van der Waals surface area contributed by atoms with Gasteiger partial charge in [-0.2, -0.15) is 0 Å². The highest BCUT2D eigenvalue weighted by molar-refractivity contribution is 5.94. The van der Waals surface area contributed by atoms with Crippen molar-refractivity contribution in [3.05, 3.63) is 253 Å². The summed E-state index contributed by atoms with van der Waals surface area (Å²) in [6.07, 6.45) is 25.9. The third-order valence-corrected chi connectivity index (χ3v) is 31.5. The van der Waals surface area contributed by atoms with Crippen LogP contribution in [-0.4, -0.2) is 13.1 Å². The van der Waals surface area contributed by atoms with E-state index >= 15 is 0 Å². The molecule has 6 aromatic rings. The van der Waals surface area contributed by atoms with Crippen molar-refractivity contribution in [3.63, 3.8) is 0 Å². The molecule has 0 radical (unpaired) electrons. The second kappa shape index (κ2) is 13.5. The zero-order chi connectivity index (χ0) is 57.0. The highest BCUT2D eigenvalue weighted by Gasteiger charge is 2.85. The van der Waals surface area contributed by atoms with Crippen molar-refractivity contribution >= 4 is 5.69 Å². The predicted octanol–water partition coefficient (Wildman–Crippen LogP) is 18.5. The maximum atomic E-state index is 3.09. The topological polar surface area (TPSA) is 3.24 Å². The van der Waals surface area contributed by atoms with Crippen LogP contribution in [-0.2, 0) is 16.2 Å². The number of hydrogen-bond donors (Lipinski definition) is 0. The third kappa shape index (κ3) is 4.20. The molecule has 424 valence electrons. The van der Waals surface area contributed by atoms with E-state index in [4.69, 9.17) is 0 Å². The Morgan fingerprint density at radius 1 is 0.307 bits per heavy atom. The number of benzene rings is 6.